The fourth-order valence-electron chi connectivity index (χ4n) is 2.31. The first-order valence-corrected chi connectivity index (χ1v) is 7.44. The van der Waals surface area contributed by atoms with Crippen molar-refractivity contribution in [2.24, 2.45) is 0 Å². The predicted octanol–water partition coefficient (Wildman–Crippen LogP) is 4.41. The summed E-state index contributed by atoms with van der Waals surface area (Å²) in [7, 11) is 1.63. The molecule has 0 atom stereocenters. The lowest BCUT2D eigenvalue weighted by molar-refractivity contribution is 0.412. The van der Waals surface area contributed by atoms with Crippen molar-refractivity contribution >= 4 is 32.7 Å². The maximum Gasteiger partial charge on any atom is 0.227 e. The lowest BCUT2D eigenvalue weighted by Gasteiger charge is -2.03. The van der Waals surface area contributed by atoms with Crippen LogP contribution in [-0.4, -0.2) is 12.1 Å². The normalized spacial score (nSPS) is 11.0. The van der Waals surface area contributed by atoms with Crippen molar-refractivity contribution in [3.8, 4) is 17.2 Å². The van der Waals surface area contributed by atoms with Gasteiger partial charge in [-0.05, 0) is 58.2 Å². The molecule has 0 amide bonds. The van der Waals surface area contributed by atoms with Crippen LogP contribution >= 0.6 is 15.9 Å². The van der Waals surface area contributed by atoms with Gasteiger partial charge in [0.05, 0.1) is 11.6 Å². The molecule has 2 aromatic carbocycles. The van der Waals surface area contributed by atoms with E-state index < -0.39 is 0 Å². The summed E-state index contributed by atoms with van der Waals surface area (Å²) in [5.74, 6) is 1.35. The van der Waals surface area contributed by atoms with Gasteiger partial charge in [-0.25, -0.2) is 4.98 Å². The van der Waals surface area contributed by atoms with Crippen LogP contribution in [0.25, 0.3) is 22.6 Å². The van der Waals surface area contributed by atoms with Crippen molar-refractivity contribution in [3.63, 3.8) is 0 Å². The smallest absolute Gasteiger partial charge is 0.227 e. The van der Waals surface area contributed by atoms with E-state index in [0.717, 1.165) is 38.9 Å². The minimum atomic E-state index is 0.577. The molecule has 2 N–H and O–H groups in total. The molecule has 0 fully saturated rings. The first kappa shape index (κ1) is 13.9. The summed E-state index contributed by atoms with van der Waals surface area (Å²) in [6.07, 6.45) is 0.850. The zero-order valence-electron chi connectivity index (χ0n) is 11.8. The summed E-state index contributed by atoms with van der Waals surface area (Å²) in [5, 5.41) is 0. The molecule has 5 heteroatoms. The van der Waals surface area contributed by atoms with Crippen LogP contribution in [0.2, 0.25) is 0 Å². The number of oxazole rings is 1. The Balaban J connectivity index is 2.15. The molecule has 3 aromatic rings. The molecule has 0 aliphatic heterocycles. The number of benzene rings is 2. The number of nitrogens with zero attached hydrogens (tertiary/aromatic N) is 1. The average molecular weight is 347 g/mol. The molecule has 108 valence electrons. The summed E-state index contributed by atoms with van der Waals surface area (Å²) in [6, 6.07) is 9.49. The lowest BCUT2D eigenvalue weighted by atomic mass is 10.1. The molecule has 0 unspecified atom stereocenters. The Morgan fingerprint density at radius 3 is 2.76 bits per heavy atom. The van der Waals surface area contributed by atoms with E-state index in [1.54, 1.807) is 7.11 Å². The Morgan fingerprint density at radius 2 is 2.10 bits per heavy atom. The molecule has 0 aliphatic rings. The highest BCUT2D eigenvalue weighted by atomic mass is 79.9. The third-order valence-electron chi connectivity index (χ3n) is 3.37. The summed E-state index contributed by atoms with van der Waals surface area (Å²) < 4.78 is 12.0. The number of anilines is 1. The van der Waals surface area contributed by atoms with Gasteiger partial charge in [-0.15, -0.1) is 0 Å². The minimum Gasteiger partial charge on any atom is -0.496 e. The van der Waals surface area contributed by atoms with Gasteiger partial charge in [0, 0.05) is 11.3 Å². The largest absolute Gasteiger partial charge is 0.496 e. The molecule has 4 nitrogen and oxygen atoms in total. The minimum absolute atomic E-state index is 0.577. The topological polar surface area (TPSA) is 61.3 Å². The van der Waals surface area contributed by atoms with E-state index in [2.05, 4.69) is 27.8 Å². The summed E-state index contributed by atoms with van der Waals surface area (Å²) in [4.78, 5) is 4.54. The molecular formula is C16H15BrN2O2. The highest BCUT2D eigenvalue weighted by molar-refractivity contribution is 9.10. The molecular weight excluding hydrogens is 332 g/mol. The molecule has 1 heterocycles. The van der Waals surface area contributed by atoms with Crippen LogP contribution in [0.15, 0.2) is 39.2 Å². The predicted molar refractivity (Wildman–Crippen MR) is 87.5 cm³/mol. The number of nitrogens with two attached hydrogens (primary N) is 1. The number of rotatable bonds is 3. The van der Waals surface area contributed by atoms with Gasteiger partial charge in [0.1, 0.15) is 11.3 Å². The second-order valence-electron chi connectivity index (χ2n) is 4.75. The third-order valence-corrected chi connectivity index (χ3v) is 3.99. The Bertz CT molecular complexity index is 811. The third kappa shape index (κ3) is 2.49. The summed E-state index contributed by atoms with van der Waals surface area (Å²) in [6.45, 7) is 2.07. The summed E-state index contributed by atoms with van der Waals surface area (Å²) in [5.41, 5.74) is 10.1. The van der Waals surface area contributed by atoms with Gasteiger partial charge in [0.15, 0.2) is 5.58 Å². The van der Waals surface area contributed by atoms with Crippen molar-refractivity contribution in [1.82, 2.24) is 4.98 Å². The van der Waals surface area contributed by atoms with Crippen molar-refractivity contribution in [2.75, 3.05) is 12.8 Å². The zero-order chi connectivity index (χ0) is 15.0. The number of aryl methyl sites for hydroxylation is 1. The Morgan fingerprint density at radius 1 is 1.29 bits per heavy atom. The van der Waals surface area contributed by atoms with Crippen LogP contribution in [0.1, 0.15) is 12.5 Å². The van der Waals surface area contributed by atoms with E-state index in [1.165, 1.54) is 0 Å². The van der Waals surface area contributed by atoms with Gasteiger partial charge in [-0.2, -0.15) is 0 Å². The van der Waals surface area contributed by atoms with E-state index in [9.17, 15) is 0 Å². The van der Waals surface area contributed by atoms with Crippen LogP contribution in [0.3, 0.4) is 0 Å². The van der Waals surface area contributed by atoms with E-state index in [4.69, 9.17) is 14.9 Å². The monoisotopic (exact) mass is 346 g/mol. The first-order chi connectivity index (χ1) is 10.1. The maximum absolute atomic E-state index is 5.93. The molecule has 0 saturated carbocycles. The van der Waals surface area contributed by atoms with Crippen LogP contribution < -0.4 is 10.5 Å². The van der Waals surface area contributed by atoms with Gasteiger partial charge in [0.2, 0.25) is 5.89 Å². The van der Waals surface area contributed by atoms with E-state index in [1.807, 2.05) is 30.3 Å². The van der Waals surface area contributed by atoms with E-state index in [-0.39, 0.29) is 0 Å². The standard InChI is InChI=1S/C16H15BrN2O2/c1-3-9-6-11(18)8-13-15(9)21-16(19-13)10-4-5-14(20-2)12(17)7-10/h4-8H,3,18H2,1-2H3. The molecule has 0 saturated heterocycles. The lowest BCUT2D eigenvalue weighted by Crippen LogP contribution is -1.88. The number of halogens is 1. The van der Waals surface area contributed by atoms with Crippen LogP contribution in [0, 0.1) is 0 Å². The van der Waals surface area contributed by atoms with Crippen LogP contribution in [-0.2, 0) is 6.42 Å². The highest BCUT2D eigenvalue weighted by Gasteiger charge is 2.13. The molecule has 0 aliphatic carbocycles. The number of aromatic nitrogens is 1. The molecule has 3 rings (SSSR count). The van der Waals surface area contributed by atoms with Gasteiger partial charge in [-0.1, -0.05) is 6.92 Å². The van der Waals surface area contributed by atoms with E-state index in [0.29, 0.717) is 11.6 Å². The molecule has 0 spiro atoms. The SMILES string of the molecule is CCc1cc(N)cc2nc(-c3ccc(OC)c(Br)c3)oc12. The first-order valence-electron chi connectivity index (χ1n) is 6.65. The Hall–Kier alpha value is -2.01. The van der Waals surface area contributed by atoms with Crippen molar-refractivity contribution in [2.45, 2.75) is 13.3 Å². The van der Waals surface area contributed by atoms with Gasteiger partial charge in [0.25, 0.3) is 0 Å². The molecule has 1 aromatic heterocycles. The van der Waals surface area contributed by atoms with Gasteiger partial charge >= 0.3 is 0 Å². The quantitative estimate of drug-likeness (QED) is 0.713. The van der Waals surface area contributed by atoms with E-state index >= 15 is 0 Å². The van der Waals surface area contributed by atoms with Crippen molar-refractivity contribution in [3.05, 3.63) is 40.4 Å². The second-order valence-corrected chi connectivity index (χ2v) is 5.60. The number of fused-ring (bicyclic) bond motifs is 1. The van der Waals surface area contributed by atoms with Crippen molar-refractivity contribution < 1.29 is 9.15 Å². The molecule has 0 radical (unpaired) electrons. The number of nitrogen functional groups attached to an aromatic ring is 1. The Labute approximate surface area is 131 Å². The Kier molecular flexibility index (Phi) is 3.59. The number of ether oxygens (including phenoxy) is 1. The zero-order valence-corrected chi connectivity index (χ0v) is 13.4. The van der Waals surface area contributed by atoms with Gasteiger partial charge in [-0.3, -0.25) is 0 Å². The average Bonchev–Trinajstić information content (AvgIpc) is 2.90. The van der Waals surface area contributed by atoms with Crippen LogP contribution in [0.4, 0.5) is 5.69 Å². The number of hydrogen-bond acceptors (Lipinski definition) is 4. The molecule has 21 heavy (non-hydrogen) atoms. The molecule has 0 bridgehead atoms. The van der Waals surface area contributed by atoms with Crippen LogP contribution in [0.5, 0.6) is 5.75 Å². The van der Waals surface area contributed by atoms with Crippen molar-refractivity contribution in [1.29, 1.82) is 0 Å². The fraction of sp³-hybridized carbons (Fsp3) is 0.188. The second kappa shape index (κ2) is 5.41. The van der Waals surface area contributed by atoms with Gasteiger partial charge < -0.3 is 14.9 Å². The number of methoxy groups -OCH3 is 1. The maximum atomic E-state index is 5.93. The summed E-state index contributed by atoms with van der Waals surface area (Å²) >= 11 is 3.47. The fourth-order valence-corrected chi connectivity index (χ4v) is 2.85. The number of hydrogen-bond donors (Lipinski definition) is 1. The highest BCUT2D eigenvalue weighted by Crippen LogP contribution is 2.33.